The van der Waals surface area contributed by atoms with E-state index in [1.54, 1.807) is 0 Å². The van der Waals surface area contributed by atoms with Crippen LogP contribution >= 0.6 is 11.9 Å². The predicted molar refractivity (Wildman–Crippen MR) is 166 cm³/mol. The lowest BCUT2D eigenvalue weighted by molar-refractivity contribution is -0.108. The van der Waals surface area contributed by atoms with Crippen LogP contribution in [-0.4, -0.2) is 96.9 Å². The summed E-state index contributed by atoms with van der Waals surface area (Å²) in [5.41, 5.74) is 3.61. The molecule has 2 fully saturated rings. The Labute approximate surface area is 243 Å². The van der Waals surface area contributed by atoms with Crippen LogP contribution in [0.15, 0.2) is 29.0 Å². The van der Waals surface area contributed by atoms with E-state index in [-0.39, 0.29) is 11.9 Å². The van der Waals surface area contributed by atoms with Crippen LogP contribution in [0.3, 0.4) is 0 Å². The highest BCUT2D eigenvalue weighted by atomic mass is 32.2. The number of aromatic nitrogens is 1. The van der Waals surface area contributed by atoms with E-state index in [9.17, 15) is 9.59 Å². The zero-order valence-electron chi connectivity index (χ0n) is 24.8. The van der Waals surface area contributed by atoms with Crippen molar-refractivity contribution in [2.24, 2.45) is 0 Å². The quantitative estimate of drug-likeness (QED) is 0.131. The van der Waals surface area contributed by atoms with Crippen LogP contribution < -0.4 is 20.9 Å². The fourth-order valence-corrected chi connectivity index (χ4v) is 5.69. The normalized spacial score (nSPS) is 18.4. The number of carbonyl (C=O) groups excluding carboxylic acids is 2. The lowest BCUT2D eigenvalue weighted by atomic mass is 10.0. The molecule has 2 aliphatic rings. The van der Waals surface area contributed by atoms with Gasteiger partial charge in [-0.25, -0.2) is 9.29 Å². The van der Waals surface area contributed by atoms with E-state index < -0.39 is 0 Å². The average molecular weight is 571 g/mol. The molecule has 0 saturated carbocycles. The number of anilines is 2. The van der Waals surface area contributed by atoms with Crippen LogP contribution in [0.25, 0.3) is 0 Å². The summed E-state index contributed by atoms with van der Waals surface area (Å²) in [7, 11) is 0. The number of piperidine rings is 1. The summed E-state index contributed by atoms with van der Waals surface area (Å²) < 4.78 is 2.43. The van der Waals surface area contributed by atoms with E-state index in [2.05, 4.69) is 36.3 Å². The molecule has 1 aromatic rings. The van der Waals surface area contributed by atoms with E-state index >= 15 is 0 Å². The summed E-state index contributed by atoms with van der Waals surface area (Å²) >= 11 is 1.83. The number of pyridine rings is 1. The van der Waals surface area contributed by atoms with Crippen LogP contribution in [0.4, 0.5) is 11.6 Å². The third kappa shape index (κ3) is 8.55. The minimum Gasteiger partial charge on any atom is -0.367 e. The second kappa shape index (κ2) is 15.2. The van der Waals surface area contributed by atoms with Crippen LogP contribution in [0.2, 0.25) is 0 Å². The van der Waals surface area contributed by atoms with Crippen molar-refractivity contribution in [3.8, 4) is 0 Å². The largest absolute Gasteiger partial charge is 0.367 e. The molecule has 0 radical (unpaired) electrons. The average Bonchev–Trinajstić information content (AvgIpc) is 2.95. The molecule has 2 aliphatic heterocycles. The predicted octanol–water partition coefficient (Wildman–Crippen LogP) is 3.48. The van der Waals surface area contributed by atoms with Gasteiger partial charge in [-0.15, -0.1) is 0 Å². The zero-order chi connectivity index (χ0) is 29.2. The van der Waals surface area contributed by atoms with Crippen LogP contribution in [-0.2, 0) is 4.79 Å². The van der Waals surface area contributed by atoms with Crippen molar-refractivity contribution in [1.29, 1.82) is 5.41 Å². The Hall–Kier alpha value is -2.89. The van der Waals surface area contributed by atoms with E-state index in [0.29, 0.717) is 35.9 Å². The molecule has 4 N–H and O–H groups in total. The second-order valence-corrected chi connectivity index (χ2v) is 11.7. The molecule has 3 rings (SSSR count). The van der Waals surface area contributed by atoms with Crippen LogP contribution in [0, 0.1) is 5.41 Å². The van der Waals surface area contributed by atoms with Gasteiger partial charge in [-0.2, -0.15) is 0 Å². The van der Waals surface area contributed by atoms with Crippen molar-refractivity contribution in [2.45, 2.75) is 59.5 Å². The Morgan fingerprint density at radius 3 is 2.40 bits per heavy atom. The number of allylic oxidation sites excluding steroid dienone is 3. The summed E-state index contributed by atoms with van der Waals surface area (Å²) in [6.45, 7) is 16.3. The van der Waals surface area contributed by atoms with E-state index in [1.807, 2.05) is 58.7 Å². The van der Waals surface area contributed by atoms with Gasteiger partial charge in [0, 0.05) is 75.4 Å². The van der Waals surface area contributed by atoms with Gasteiger partial charge in [-0.3, -0.25) is 14.5 Å². The van der Waals surface area contributed by atoms with Crippen LogP contribution in [0.5, 0.6) is 0 Å². The van der Waals surface area contributed by atoms with Crippen molar-refractivity contribution >= 4 is 42.1 Å². The van der Waals surface area contributed by atoms with Gasteiger partial charge in [0.25, 0.3) is 5.91 Å². The lowest BCUT2D eigenvalue weighted by Crippen LogP contribution is -2.52. The highest BCUT2D eigenvalue weighted by Gasteiger charge is 2.29. The number of amides is 2. The van der Waals surface area contributed by atoms with Gasteiger partial charge in [-0.05, 0) is 71.4 Å². The summed E-state index contributed by atoms with van der Waals surface area (Å²) in [4.78, 5) is 33.9. The maximum absolute atomic E-state index is 13.5. The lowest BCUT2D eigenvalue weighted by Gasteiger charge is -2.42. The minimum absolute atomic E-state index is 0.103. The Bertz CT molecular complexity index is 1100. The first-order chi connectivity index (χ1) is 19.2. The van der Waals surface area contributed by atoms with E-state index in [1.165, 1.54) is 6.21 Å². The molecular weight excluding hydrogens is 524 g/mol. The number of piperazine rings is 1. The fourth-order valence-electron chi connectivity index (χ4n) is 5.16. The maximum atomic E-state index is 13.5. The smallest absolute Gasteiger partial charge is 0.252 e. The highest BCUT2D eigenvalue weighted by molar-refractivity contribution is 7.96. The SMILES string of the molecule is CSN1CCN(C2CCN(c3cc(C(=O)NC/C(C)=C(C)/C=C(/C)NC=O)c(C=N)c(NC(C)C)n3)CC2)CC1. The van der Waals surface area contributed by atoms with Crippen molar-refractivity contribution in [1.82, 2.24) is 24.8 Å². The molecule has 1 aromatic heterocycles. The Morgan fingerprint density at radius 1 is 1.15 bits per heavy atom. The molecule has 3 heterocycles. The Kier molecular flexibility index (Phi) is 12.0. The van der Waals surface area contributed by atoms with E-state index in [4.69, 9.17) is 10.4 Å². The number of hydrogen-bond acceptors (Lipinski definition) is 9. The van der Waals surface area contributed by atoms with Crippen LogP contribution in [0.1, 0.15) is 63.4 Å². The Balaban J connectivity index is 1.77. The summed E-state index contributed by atoms with van der Waals surface area (Å²) in [5, 5.41) is 17.1. The van der Waals surface area contributed by atoms with Crippen molar-refractivity contribution in [2.75, 3.05) is 62.3 Å². The highest BCUT2D eigenvalue weighted by Crippen LogP contribution is 2.28. The first kappa shape index (κ1) is 31.6. The summed E-state index contributed by atoms with van der Waals surface area (Å²) in [6, 6.07) is 2.52. The molecule has 40 heavy (non-hydrogen) atoms. The molecule has 0 aromatic carbocycles. The van der Waals surface area contributed by atoms with Gasteiger partial charge >= 0.3 is 0 Å². The molecular formula is C29H46N8O2S. The molecule has 0 aliphatic carbocycles. The van der Waals surface area contributed by atoms with Gasteiger partial charge in [0.1, 0.15) is 11.6 Å². The third-order valence-corrected chi connectivity index (χ3v) is 8.48. The summed E-state index contributed by atoms with van der Waals surface area (Å²) in [5.74, 6) is 1.09. The van der Waals surface area contributed by atoms with Crippen molar-refractivity contribution < 1.29 is 9.59 Å². The second-order valence-electron chi connectivity index (χ2n) is 10.8. The van der Waals surface area contributed by atoms with Gasteiger partial charge in [0.2, 0.25) is 6.41 Å². The molecule has 0 spiro atoms. The van der Waals surface area contributed by atoms with Gasteiger partial charge in [0.05, 0.1) is 5.56 Å². The number of carbonyl (C=O) groups is 2. The minimum atomic E-state index is -0.241. The first-order valence-electron chi connectivity index (χ1n) is 14.1. The molecule has 10 nitrogen and oxygen atoms in total. The van der Waals surface area contributed by atoms with Crippen molar-refractivity contribution in [3.05, 3.63) is 40.1 Å². The van der Waals surface area contributed by atoms with Gasteiger partial charge in [-0.1, -0.05) is 17.5 Å². The molecule has 0 bridgehead atoms. The Morgan fingerprint density at radius 2 is 1.82 bits per heavy atom. The zero-order valence-corrected chi connectivity index (χ0v) is 25.7. The number of hydrogen-bond donors (Lipinski definition) is 4. The molecule has 2 saturated heterocycles. The molecule has 0 atom stereocenters. The number of nitrogens with zero attached hydrogens (tertiary/aromatic N) is 4. The van der Waals surface area contributed by atoms with Crippen molar-refractivity contribution in [3.63, 3.8) is 0 Å². The number of nitrogens with one attached hydrogen (secondary N) is 4. The molecule has 11 heteroatoms. The van der Waals surface area contributed by atoms with Gasteiger partial charge in [0.15, 0.2) is 0 Å². The maximum Gasteiger partial charge on any atom is 0.252 e. The fraction of sp³-hybridized carbons (Fsp3) is 0.586. The number of rotatable bonds is 12. The molecule has 0 unspecified atom stereocenters. The standard InChI is InChI=1S/C29H46N8O2S/c1-20(2)33-28-26(17-30)25(29(39)31-18-22(4)21(3)15-23(5)32-19-38)16-27(34-28)36-9-7-24(8-10-36)35-11-13-37(40-6)14-12-35/h15-17,19-20,24,30H,7-14,18H2,1-6H3,(H,31,39)(H,32,38)(H,33,34)/b22-21+,23-15-,30-17?. The molecule has 220 valence electrons. The molecule has 2 amide bonds. The monoisotopic (exact) mass is 570 g/mol. The topological polar surface area (TPSA) is 117 Å². The van der Waals surface area contributed by atoms with E-state index in [0.717, 1.165) is 74.8 Å². The first-order valence-corrected chi connectivity index (χ1v) is 15.3. The third-order valence-electron chi connectivity index (χ3n) is 7.60. The van der Waals surface area contributed by atoms with Gasteiger partial charge < -0.3 is 26.3 Å². The summed E-state index contributed by atoms with van der Waals surface area (Å²) in [6.07, 6.45) is 8.01.